The number of nitrogens with one attached hydrogen (secondary N) is 2. The van der Waals surface area contributed by atoms with Crippen molar-refractivity contribution in [2.24, 2.45) is 0 Å². The Bertz CT molecular complexity index is 690. The molecule has 0 bridgehead atoms. The summed E-state index contributed by atoms with van der Waals surface area (Å²) in [6.45, 7) is 5.88. The molecule has 0 saturated carbocycles. The van der Waals surface area contributed by atoms with E-state index in [-0.39, 0.29) is 42.8 Å². The molecule has 3 rings (SSSR count). The Labute approximate surface area is 174 Å². The van der Waals surface area contributed by atoms with Gasteiger partial charge in [0.05, 0.1) is 6.04 Å². The second kappa shape index (κ2) is 11.3. The monoisotopic (exact) mass is 412 g/mol. The summed E-state index contributed by atoms with van der Waals surface area (Å²) in [7, 11) is 0. The Balaban J connectivity index is 0.00000182. The van der Waals surface area contributed by atoms with Crippen molar-refractivity contribution in [2.75, 3.05) is 6.54 Å². The molecule has 1 amide bonds. The maximum atomic E-state index is 12.4. The zero-order valence-electron chi connectivity index (χ0n) is 15.9. The summed E-state index contributed by atoms with van der Waals surface area (Å²) < 4.78 is 2.18. The summed E-state index contributed by atoms with van der Waals surface area (Å²) in [5.41, 5.74) is 1.26. The molecule has 1 aliphatic rings. The third-order valence-electron chi connectivity index (χ3n) is 4.80. The van der Waals surface area contributed by atoms with Crippen LogP contribution < -0.4 is 10.6 Å². The second-order valence-corrected chi connectivity index (χ2v) is 7.04. The van der Waals surface area contributed by atoms with Crippen LogP contribution in [0, 0.1) is 0 Å². The van der Waals surface area contributed by atoms with E-state index >= 15 is 0 Å². The topological polar surface area (TPSA) is 59.0 Å². The van der Waals surface area contributed by atoms with Gasteiger partial charge in [-0.1, -0.05) is 44.2 Å². The summed E-state index contributed by atoms with van der Waals surface area (Å²) in [6.07, 6.45) is 6.68. The van der Waals surface area contributed by atoms with Crippen molar-refractivity contribution >= 4 is 30.7 Å². The van der Waals surface area contributed by atoms with E-state index in [2.05, 4.69) is 46.2 Å². The van der Waals surface area contributed by atoms with Gasteiger partial charge in [0.1, 0.15) is 5.82 Å². The maximum absolute atomic E-state index is 12.4. The zero-order chi connectivity index (χ0) is 17.6. The number of hydrogen-bond acceptors (Lipinski definition) is 3. The largest absolute Gasteiger partial charge is 0.355 e. The van der Waals surface area contributed by atoms with E-state index in [0.29, 0.717) is 12.5 Å². The number of rotatable bonds is 7. The van der Waals surface area contributed by atoms with Crippen molar-refractivity contribution in [3.8, 4) is 0 Å². The van der Waals surface area contributed by atoms with E-state index in [1.807, 2.05) is 30.6 Å². The molecule has 1 aliphatic heterocycles. The van der Waals surface area contributed by atoms with Gasteiger partial charge in [0.15, 0.2) is 0 Å². The minimum absolute atomic E-state index is 0. The average Bonchev–Trinajstić information content (AvgIpc) is 3.28. The van der Waals surface area contributed by atoms with E-state index in [1.165, 1.54) is 5.56 Å². The number of imidazole rings is 1. The van der Waals surface area contributed by atoms with E-state index in [9.17, 15) is 4.79 Å². The lowest BCUT2D eigenvalue weighted by Gasteiger charge is -2.15. The van der Waals surface area contributed by atoms with E-state index < -0.39 is 0 Å². The smallest absolute Gasteiger partial charge is 0.237 e. The highest BCUT2D eigenvalue weighted by Gasteiger charge is 2.29. The van der Waals surface area contributed by atoms with Crippen molar-refractivity contribution in [3.63, 3.8) is 0 Å². The quantitative estimate of drug-likeness (QED) is 0.678. The number of carbonyl (C=O) groups excluding carboxylic acids is 1. The Morgan fingerprint density at radius 2 is 2.00 bits per heavy atom. The lowest BCUT2D eigenvalue weighted by atomic mass is 10.1. The molecule has 5 nitrogen and oxygen atoms in total. The molecule has 0 radical (unpaired) electrons. The van der Waals surface area contributed by atoms with Crippen molar-refractivity contribution in [1.82, 2.24) is 20.2 Å². The molecule has 2 atom stereocenters. The molecule has 1 fully saturated rings. The van der Waals surface area contributed by atoms with Crippen LogP contribution in [0.5, 0.6) is 0 Å². The van der Waals surface area contributed by atoms with Gasteiger partial charge in [0.25, 0.3) is 0 Å². The average molecular weight is 413 g/mol. The SMILES string of the molecule is CC(C)c1nccn1CCCNC(=O)[C@H]1CC[C@H](c2ccccc2)N1.Cl.Cl. The van der Waals surface area contributed by atoms with E-state index in [4.69, 9.17) is 0 Å². The summed E-state index contributed by atoms with van der Waals surface area (Å²) in [4.78, 5) is 16.8. The zero-order valence-corrected chi connectivity index (χ0v) is 17.6. The first-order chi connectivity index (χ1) is 12.1. The van der Waals surface area contributed by atoms with Crippen LogP contribution in [0.3, 0.4) is 0 Å². The molecule has 7 heteroatoms. The van der Waals surface area contributed by atoms with E-state index in [1.54, 1.807) is 0 Å². The van der Waals surface area contributed by atoms with Crippen LogP contribution in [0.15, 0.2) is 42.7 Å². The number of amides is 1. The highest BCUT2D eigenvalue weighted by atomic mass is 35.5. The second-order valence-electron chi connectivity index (χ2n) is 7.04. The highest BCUT2D eigenvalue weighted by molar-refractivity contribution is 5.85. The minimum Gasteiger partial charge on any atom is -0.355 e. The van der Waals surface area contributed by atoms with Crippen LogP contribution in [-0.4, -0.2) is 28.0 Å². The molecule has 2 aromatic rings. The third-order valence-corrected chi connectivity index (χ3v) is 4.80. The molecule has 0 aliphatic carbocycles. The Kier molecular flexibility index (Phi) is 9.84. The first kappa shape index (κ1) is 23.5. The van der Waals surface area contributed by atoms with Gasteiger partial charge in [0, 0.05) is 37.4 Å². The molecule has 1 aromatic carbocycles. The molecule has 150 valence electrons. The lowest BCUT2D eigenvalue weighted by molar-refractivity contribution is -0.122. The molecule has 2 heterocycles. The van der Waals surface area contributed by atoms with Gasteiger partial charge in [-0.3, -0.25) is 10.1 Å². The van der Waals surface area contributed by atoms with Gasteiger partial charge >= 0.3 is 0 Å². The number of aryl methyl sites for hydroxylation is 1. The van der Waals surface area contributed by atoms with Crippen LogP contribution in [-0.2, 0) is 11.3 Å². The van der Waals surface area contributed by atoms with Crippen molar-refractivity contribution in [1.29, 1.82) is 0 Å². The molecule has 1 saturated heterocycles. The van der Waals surface area contributed by atoms with Gasteiger partial charge in [0.2, 0.25) is 5.91 Å². The normalized spacial score (nSPS) is 18.6. The van der Waals surface area contributed by atoms with Crippen molar-refractivity contribution < 1.29 is 4.79 Å². The Hall–Kier alpha value is -1.56. The fourth-order valence-electron chi connectivity index (χ4n) is 3.49. The van der Waals surface area contributed by atoms with Crippen molar-refractivity contribution in [2.45, 2.75) is 57.7 Å². The number of hydrogen-bond donors (Lipinski definition) is 2. The highest BCUT2D eigenvalue weighted by Crippen LogP contribution is 2.26. The molecule has 2 N–H and O–H groups in total. The van der Waals surface area contributed by atoms with Crippen molar-refractivity contribution in [3.05, 3.63) is 54.1 Å². The number of nitrogens with zero attached hydrogens (tertiary/aromatic N) is 2. The van der Waals surface area contributed by atoms with Crippen LogP contribution >= 0.6 is 24.8 Å². The Morgan fingerprint density at radius 1 is 1.26 bits per heavy atom. The van der Waals surface area contributed by atoms with Crippen LogP contribution in [0.2, 0.25) is 0 Å². The third kappa shape index (κ3) is 6.23. The van der Waals surface area contributed by atoms with Crippen LogP contribution in [0.25, 0.3) is 0 Å². The first-order valence-corrected chi connectivity index (χ1v) is 9.25. The first-order valence-electron chi connectivity index (χ1n) is 9.25. The Morgan fingerprint density at radius 3 is 2.70 bits per heavy atom. The van der Waals surface area contributed by atoms with Gasteiger partial charge in [-0.05, 0) is 24.8 Å². The standard InChI is InChI=1S/C20H28N4O.2ClH/c1-15(2)19-21-12-14-24(19)13-6-11-22-20(25)18-10-9-17(23-18)16-7-4-3-5-8-16;;/h3-5,7-8,12,14-15,17-18,23H,6,9-11,13H2,1-2H3,(H,22,25);2*1H/t17-,18-;;/m1../s1. The van der Waals surface area contributed by atoms with Gasteiger partial charge in [-0.15, -0.1) is 24.8 Å². The molecule has 0 spiro atoms. The molecule has 27 heavy (non-hydrogen) atoms. The van der Waals surface area contributed by atoms with E-state index in [0.717, 1.165) is 31.6 Å². The summed E-state index contributed by atoms with van der Waals surface area (Å²) in [6, 6.07) is 10.6. The summed E-state index contributed by atoms with van der Waals surface area (Å²) >= 11 is 0. The van der Waals surface area contributed by atoms with Crippen LogP contribution in [0.4, 0.5) is 0 Å². The van der Waals surface area contributed by atoms with Gasteiger partial charge in [-0.2, -0.15) is 0 Å². The molecular weight excluding hydrogens is 383 g/mol. The van der Waals surface area contributed by atoms with Crippen LogP contribution in [0.1, 0.15) is 56.5 Å². The number of aromatic nitrogens is 2. The molecule has 0 unspecified atom stereocenters. The fraction of sp³-hybridized carbons (Fsp3) is 0.500. The number of carbonyl (C=O) groups is 1. The predicted octanol–water partition coefficient (Wildman–Crippen LogP) is 3.85. The number of benzene rings is 1. The van der Waals surface area contributed by atoms with Gasteiger partial charge < -0.3 is 9.88 Å². The molecule has 1 aromatic heterocycles. The summed E-state index contributed by atoms with van der Waals surface area (Å²) in [5, 5.41) is 6.53. The molecular formula is C20H30Cl2N4O. The fourth-order valence-corrected chi connectivity index (χ4v) is 3.49. The predicted molar refractivity (Wildman–Crippen MR) is 114 cm³/mol. The summed E-state index contributed by atoms with van der Waals surface area (Å²) in [5.74, 6) is 1.64. The maximum Gasteiger partial charge on any atom is 0.237 e. The van der Waals surface area contributed by atoms with Gasteiger partial charge in [-0.25, -0.2) is 4.98 Å². The number of halogens is 2. The minimum atomic E-state index is -0.0790. The lowest BCUT2D eigenvalue weighted by Crippen LogP contribution is -2.41.